The average Bonchev–Trinajstić information content (AvgIpc) is 2.92. The summed E-state index contributed by atoms with van der Waals surface area (Å²) in [6.45, 7) is 14.0. The van der Waals surface area contributed by atoms with Crippen LogP contribution in [0.3, 0.4) is 0 Å². The minimum Gasteiger partial charge on any atom is -0.444 e. The molecule has 0 aromatic carbocycles. The van der Waals surface area contributed by atoms with Gasteiger partial charge in [-0.25, -0.2) is 4.79 Å². The van der Waals surface area contributed by atoms with E-state index in [0.29, 0.717) is 5.92 Å². The number of fused-ring (bicyclic) bond motifs is 1. The molecule has 3 aliphatic rings. The van der Waals surface area contributed by atoms with Crippen LogP contribution in [0.15, 0.2) is 0 Å². The van der Waals surface area contributed by atoms with Gasteiger partial charge in [0.1, 0.15) is 5.60 Å². The molecule has 2 aliphatic heterocycles. The van der Waals surface area contributed by atoms with Gasteiger partial charge in [-0.1, -0.05) is 12.8 Å². The Labute approximate surface area is 152 Å². The number of amides is 1. The first kappa shape index (κ1) is 19.0. The molecule has 0 N–H and O–H groups in total. The van der Waals surface area contributed by atoms with Crippen LogP contribution in [0.2, 0.25) is 0 Å². The van der Waals surface area contributed by atoms with E-state index in [-0.39, 0.29) is 36.4 Å². The highest BCUT2D eigenvalue weighted by Crippen LogP contribution is 2.45. The number of hydrogen-bond donors (Lipinski definition) is 0. The van der Waals surface area contributed by atoms with Crippen LogP contribution >= 0.6 is 0 Å². The molecular weight excluding hydrogens is 317 g/mol. The van der Waals surface area contributed by atoms with E-state index < -0.39 is 5.60 Å². The topological polar surface area (TPSA) is 48.0 Å². The Hall–Kier alpha value is -0.745. The minimum atomic E-state index is -0.496. The van der Waals surface area contributed by atoms with Crippen LogP contribution < -0.4 is 0 Å². The highest BCUT2D eigenvalue weighted by molar-refractivity contribution is 6.48. The van der Waals surface area contributed by atoms with Crippen molar-refractivity contribution in [1.82, 2.24) is 4.90 Å². The standard InChI is InChI=1S/C19H34BNO4/c1-17(2,3)23-16(22)21-14-11-9-8-10-13(14)12-15(21)20-24-18(4,5)19(6,7)25-20/h13-15H,8-12H2,1-7H3. The summed E-state index contributed by atoms with van der Waals surface area (Å²) in [5.41, 5.74) is -1.26. The lowest BCUT2D eigenvalue weighted by Crippen LogP contribution is -2.52. The normalized spacial score (nSPS) is 34.1. The van der Waals surface area contributed by atoms with Gasteiger partial charge in [-0.15, -0.1) is 0 Å². The first-order chi connectivity index (χ1) is 11.4. The maximum Gasteiger partial charge on any atom is 0.482 e. The molecule has 3 rings (SSSR count). The molecule has 142 valence electrons. The van der Waals surface area contributed by atoms with Crippen molar-refractivity contribution in [2.24, 2.45) is 5.92 Å². The van der Waals surface area contributed by atoms with Gasteiger partial charge in [0.05, 0.1) is 17.1 Å². The van der Waals surface area contributed by atoms with E-state index in [9.17, 15) is 4.79 Å². The lowest BCUT2D eigenvalue weighted by atomic mass is 9.74. The second kappa shape index (κ2) is 6.16. The van der Waals surface area contributed by atoms with E-state index in [2.05, 4.69) is 27.7 Å². The van der Waals surface area contributed by atoms with E-state index in [4.69, 9.17) is 14.0 Å². The van der Waals surface area contributed by atoms with Crippen LogP contribution in [0.25, 0.3) is 0 Å². The molecule has 25 heavy (non-hydrogen) atoms. The molecule has 3 fully saturated rings. The minimum absolute atomic E-state index is 0.0657. The molecule has 0 radical (unpaired) electrons. The number of carbonyl (C=O) groups excluding carboxylic acids is 1. The molecule has 0 aromatic rings. The maximum absolute atomic E-state index is 13.0. The van der Waals surface area contributed by atoms with E-state index >= 15 is 0 Å². The first-order valence-electron chi connectivity index (χ1n) is 9.78. The Bertz CT molecular complexity index is 512. The third-order valence-corrected chi connectivity index (χ3v) is 6.32. The first-order valence-corrected chi connectivity index (χ1v) is 9.78. The fourth-order valence-electron chi connectivity index (χ4n) is 4.37. The molecule has 2 saturated heterocycles. The van der Waals surface area contributed by atoms with Gasteiger partial charge in [-0.05, 0) is 73.6 Å². The average molecular weight is 351 g/mol. The lowest BCUT2D eigenvalue weighted by Gasteiger charge is -2.35. The number of nitrogens with zero attached hydrogens (tertiary/aromatic N) is 1. The van der Waals surface area contributed by atoms with Crippen molar-refractivity contribution in [1.29, 1.82) is 0 Å². The van der Waals surface area contributed by atoms with Crippen LogP contribution in [0.5, 0.6) is 0 Å². The summed E-state index contributed by atoms with van der Waals surface area (Å²) in [6, 6.07) is 0.257. The Morgan fingerprint density at radius 3 is 2.20 bits per heavy atom. The largest absolute Gasteiger partial charge is 0.482 e. The Kier molecular flexibility index (Phi) is 4.69. The van der Waals surface area contributed by atoms with Crippen LogP contribution in [0.1, 0.15) is 80.6 Å². The number of likely N-dealkylation sites (tertiary alicyclic amines) is 1. The number of ether oxygens (including phenoxy) is 1. The summed E-state index contributed by atoms with van der Waals surface area (Å²) in [6.07, 6.45) is 5.39. The van der Waals surface area contributed by atoms with Gasteiger partial charge in [0.2, 0.25) is 0 Å². The molecule has 0 aromatic heterocycles. The van der Waals surface area contributed by atoms with Gasteiger partial charge >= 0.3 is 13.2 Å². The number of hydrogen-bond acceptors (Lipinski definition) is 4. The van der Waals surface area contributed by atoms with Crippen molar-refractivity contribution >= 4 is 13.2 Å². The van der Waals surface area contributed by atoms with E-state index in [0.717, 1.165) is 12.8 Å². The van der Waals surface area contributed by atoms with Crippen molar-refractivity contribution < 1.29 is 18.8 Å². The molecular formula is C19H34BNO4. The van der Waals surface area contributed by atoms with Crippen LogP contribution in [-0.2, 0) is 14.0 Å². The monoisotopic (exact) mass is 351 g/mol. The zero-order valence-electron chi connectivity index (χ0n) is 16.9. The highest BCUT2D eigenvalue weighted by atomic mass is 16.7. The molecule has 3 unspecified atom stereocenters. The smallest absolute Gasteiger partial charge is 0.444 e. The molecule has 2 heterocycles. The Balaban J connectivity index is 1.84. The molecule has 0 bridgehead atoms. The highest BCUT2D eigenvalue weighted by Gasteiger charge is 2.59. The predicted octanol–water partition coefficient (Wildman–Crippen LogP) is 4.19. The van der Waals surface area contributed by atoms with Crippen LogP contribution in [-0.4, -0.2) is 46.9 Å². The Morgan fingerprint density at radius 2 is 1.64 bits per heavy atom. The molecule has 1 amide bonds. The SMILES string of the molecule is CC(C)(C)OC(=O)N1C(B2OC(C)(C)C(C)(C)O2)CC2CCCCC21. The van der Waals surface area contributed by atoms with Gasteiger partial charge in [-0.2, -0.15) is 0 Å². The van der Waals surface area contributed by atoms with Gasteiger partial charge in [0.25, 0.3) is 0 Å². The zero-order valence-corrected chi connectivity index (χ0v) is 16.9. The second-order valence-corrected chi connectivity index (χ2v) is 9.93. The molecule has 6 heteroatoms. The predicted molar refractivity (Wildman–Crippen MR) is 98.3 cm³/mol. The lowest BCUT2D eigenvalue weighted by molar-refractivity contribution is 0.00578. The van der Waals surface area contributed by atoms with Crippen molar-refractivity contribution in [2.75, 3.05) is 0 Å². The summed E-state index contributed by atoms with van der Waals surface area (Å²) in [4.78, 5) is 15.0. The van der Waals surface area contributed by atoms with E-state index in [1.54, 1.807) is 0 Å². The van der Waals surface area contributed by atoms with Crippen LogP contribution in [0.4, 0.5) is 4.79 Å². The summed E-state index contributed by atoms with van der Waals surface area (Å²) < 4.78 is 18.3. The molecule has 0 spiro atoms. The zero-order chi connectivity index (χ0) is 18.6. The quantitative estimate of drug-likeness (QED) is 0.665. The molecule has 1 saturated carbocycles. The van der Waals surface area contributed by atoms with Gasteiger partial charge in [0, 0.05) is 6.04 Å². The van der Waals surface area contributed by atoms with Crippen molar-refractivity contribution in [3.63, 3.8) is 0 Å². The fourth-order valence-corrected chi connectivity index (χ4v) is 4.37. The number of carbonyl (C=O) groups is 1. The van der Waals surface area contributed by atoms with E-state index in [1.807, 2.05) is 25.7 Å². The summed E-state index contributed by atoms with van der Waals surface area (Å²) in [5.74, 6) is 0.467. The fraction of sp³-hybridized carbons (Fsp3) is 0.947. The van der Waals surface area contributed by atoms with Crippen molar-refractivity contribution in [3.8, 4) is 0 Å². The Morgan fingerprint density at radius 1 is 1.08 bits per heavy atom. The summed E-state index contributed by atoms with van der Waals surface area (Å²) >= 11 is 0. The second-order valence-electron chi connectivity index (χ2n) is 9.93. The van der Waals surface area contributed by atoms with Crippen molar-refractivity contribution in [3.05, 3.63) is 0 Å². The third kappa shape index (κ3) is 3.57. The summed E-state index contributed by atoms with van der Waals surface area (Å²) in [7, 11) is -0.386. The van der Waals surface area contributed by atoms with Gasteiger partial charge in [0.15, 0.2) is 0 Å². The van der Waals surface area contributed by atoms with Gasteiger partial charge < -0.3 is 18.9 Å². The van der Waals surface area contributed by atoms with Crippen molar-refractivity contribution in [2.45, 2.75) is 109 Å². The molecule has 3 atom stereocenters. The number of rotatable bonds is 1. The maximum atomic E-state index is 13.0. The van der Waals surface area contributed by atoms with Gasteiger partial charge in [-0.3, -0.25) is 0 Å². The molecule has 1 aliphatic carbocycles. The van der Waals surface area contributed by atoms with Crippen LogP contribution in [0, 0.1) is 5.92 Å². The summed E-state index contributed by atoms with van der Waals surface area (Å²) in [5, 5.41) is 0. The third-order valence-electron chi connectivity index (χ3n) is 6.32. The van der Waals surface area contributed by atoms with E-state index in [1.165, 1.54) is 19.3 Å². The molecule has 5 nitrogen and oxygen atoms in total.